The topological polar surface area (TPSA) is 109 Å². The first-order valence-corrected chi connectivity index (χ1v) is 20.8. The van der Waals surface area contributed by atoms with Gasteiger partial charge in [-0.1, -0.05) is 101 Å². The Bertz CT molecular complexity index is 2060. The molecule has 8 rings (SSSR count). The SMILES string of the molecule is CCOc1cc(CN2CCC(N(c3nc(-c4ccccc4)no3)N(c3nc(-c4ccccc4)no3)C3CCN(Cc4ccc(Cl)c(OCC)c4)CC3)CC2)ccc1C. The number of rotatable bonds is 15. The molecule has 0 spiro atoms. The highest BCUT2D eigenvalue weighted by molar-refractivity contribution is 6.32. The van der Waals surface area contributed by atoms with E-state index < -0.39 is 0 Å². The predicted molar refractivity (Wildman–Crippen MR) is 226 cm³/mol. The molecule has 0 radical (unpaired) electrons. The van der Waals surface area contributed by atoms with Gasteiger partial charge in [-0.25, -0.2) is 10.0 Å². The fraction of sp³-hybridized carbons (Fsp3) is 0.378. The molecule has 6 aromatic rings. The van der Waals surface area contributed by atoms with Gasteiger partial charge in [0.1, 0.15) is 11.5 Å². The molecule has 2 aromatic heterocycles. The lowest BCUT2D eigenvalue weighted by Crippen LogP contribution is -2.59. The number of aromatic nitrogens is 4. The van der Waals surface area contributed by atoms with Crippen molar-refractivity contribution in [2.75, 3.05) is 49.4 Å². The van der Waals surface area contributed by atoms with Gasteiger partial charge in [0, 0.05) is 50.4 Å². The number of ether oxygens (including phenoxy) is 2. The number of hydrogen-bond acceptors (Lipinski definition) is 12. The van der Waals surface area contributed by atoms with Gasteiger partial charge in [-0.05, 0) is 81.3 Å². The lowest BCUT2D eigenvalue weighted by Gasteiger charge is -2.46. The standard InChI is InChI=1S/C45H51ClN8O4/c1-4-55-40-28-33(17-16-32(40)3)30-51-24-20-37(21-25-51)53(44-47-42(49-57-44)35-12-8-6-9-13-35)54(45-48-43(50-58-45)36-14-10-7-11-15-36)38-22-26-52(27-23-38)31-34-18-19-39(46)41(29-34)56-5-2/h6-19,28-29,37-38H,4-5,20-27,30-31H2,1-3H3. The minimum absolute atomic E-state index is 0.0131. The average Bonchev–Trinajstić information content (AvgIpc) is 3.95. The highest BCUT2D eigenvalue weighted by Gasteiger charge is 2.40. The second kappa shape index (κ2) is 18.4. The van der Waals surface area contributed by atoms with Gasteiger partial charge in [0.2, 0.25) is 11.6 Å². The molecular formula is C45H51ClN8O4. The first-order chi connectivity index (χ1) is 28.4. The summed E-state index contributed by atoms with van der Waals surface area (Å²) in [5.74, 6) is 2.73. The Morgan fingerprint density at radius 1 is 0.621 bits per heavy atom. The number of likely N-dealkylation sites (tertiary alicyclic amines) is 2. The van der Waals surface area contributed by atoms with E-state index in [1.807, 2.05) is 80.6 Å². The molecule has 2 fully saturated rings. The maximum Gasteiger partial charge on any atom is 0.343 e. The summed E-state index contributed by atoms with van der Waals surface area (Å²) in [6.07, 6.45) is 3.42. The van der Waals surface area contributed by atoms with Crippen LogP contribution in [0.1, 0.15) is 56.2 Å². The first-order valence-electron chi connectivity index (χ1n) is 20.4. The summed E-state index contributed by atoms with van der Waals surface area (Å²) in [4.78, 5) is 15.1. The summed E-state index contributed by atoms with van der Waals surface area (Å²) in [6, 6.07) is 33.3. The van der Waals surface area contributed by atoms with Crippen LogP contribution in [-0.2, 0) is 13.1 Å². The number of piperidine rings is 2. The van der Waals surface area contributed by atoms with Crippen LogP contribution < -0.4 is 19.5 Å². The Balaban J connectivity index is 1.09. The van der Waals surface area contributed by atoms with Crippen LogP contribution in [-0.4, -0.2) is 81.6 Å². The van der Waals surface area contributed by atoms with Crippen molar-refractivity contribution in [3.63, 3.8) is 0 Å². The molecule has 58 heavy (non-hydrogen) atoms. The number of benzene rings is 4. The van der Waals surface area contributed by atoms with Crippen molar-refractivity contribution in [3.8, 4) is 34.3 Å². The molecule has 2 aliphatic heterocycles. The minimum atomic E-state index is 0.0131. The van der Waals surface area contributed by atoms with E-state index in [0.717, 1.165) is 93.1 Å². The minimum Gasteiger partial charge on any atom is -0.494 e. The first kappa shape index (κ1) is 39.4. The van der Waals surface area contributed by atoms with Crippen LogP contribution >= 0.6 is 11.6 Å². The molecular weight excluding hydrogens is 752 g/mol. The van der Waals surface area contributed by atoms with Crippen molar-refractivity contribution in [1.82, 2.24) is 30.1 Å². The van der Waals surface area contributed by atoms with Crippen molar-refractivity contribution in [2.45, 2.75) is 71.6 Å². The van der Waals surface area contributed by atoms with Crippen molar-refractivity contribution < 1.29 is 18.5 Å². The van der Waals surface area contributed by atoms with Crippen LogP contribution in [0.5, 0.6) is 11.5 Å². The molecule has 0 bridgehead atoms. The Morgan fingerprint density at radius 2 is 1.07 bits per heavy atom. The molecule has 302 valence electrons. The van der Waals surface area contributed by atoms with E-state index in [4.69, 9.17) is 40.1 Å². The van der Waals surface area contributed by atoms with Gasteiger partial charge in [0.05, 0.1) is 30.3 Å². The van der Waals surface area contributed by atoms with Gasteiger partial charge < -0.3 is 18.5 Å². The van der Waals surface area contributed by atoms with E-state index in [9.17, 15) is 0 Å². The molecule has 2 saturated heterocycles. The molecule has 4 heterocycles. The summed E-state index contributed by atoms with van der Waals surface area (Å²) in [7, 11) is 0. The van der Waals surface area contributed by atoms with Crippen LogP contribution in [0.3, 0.4) is 0 Å². The largest absolute Gasteiger partial charge is 0.494 e. The van der Waals surface area contributed by atoms with E-state index in [1.165, 1.54) is 11.1 Å². The molecule has 12 nitrogen and oxygen atoms in total. The Kier molecular flexibility index (Phi) is 12.5. The van der Waals surface area contributed by atoms with Gasteiger partial charge >= 0.3 is 12.0 Å². The van der Waals surface area contributed by atoms with E-state index in [2.05, 4.69) is 67.4 Å². The highest BCUT2D eigenvalue weighted by Crippen LogP contribution is 2.35. The molecule has 0 N–H and O–H groups in total. The van der Waals surface area contributed by atoms with Crippen LogP contribution in [0.2, 0.25) is 5.02 Å². The van der Waals surface area contributed by atoms with Crippen LogP contribution in [0.4, 0.5) is 12.0 Å². The summed E-state index contributed by atoms with van der Waals surface area (Å²) in [5, 5.41) is 14.0. The van der Waals surface area contributed by atoms with Gasteiger partial charge in [-0.15, -0.1) is 0 Å². The number of nitrogens with zero attached hydrogens (tertiary/aromatic N) is 8. The molecule has 0 saturated carbocycles. The second-order valence-corrected chi connectivity index (χ2v) is 15.4. The fourth-order valence-corrected chi connectivity index (χ4v) is 8.17. The monoisotopic (exact) mass is 802 g/mol. The van der Waals surface area contributed by atoms with E-state index in [1.54, 1.807) is 0 Å². The summed E-state index contributed by atoms with van der Waals surface area (Å²) < 4.78 is 24.1. The molecule has 4 aromatic carbocycles. The van der Waals surface area contributed by atoms with Crippen LogP contribution in [0.25, 0.3) is 22.8 Å². The summed E-state index contributed by atoms with van der Waals surface area (Å²) in [6.45, 7) is 12.4. The average molecular weight is 803 g/mol. The Labute approximate surface area is 345 Å². The van der Waals surface area contributed by atoms with Gasteiger partial charge in [0.15, 0.2) is 0 Å². The number of anilines is 2. The summed E-state index contributed by atoms with van der Waals surface area (Å²) in [5.41, 5.74) is 5.33. The van der Waals surface area contributed by atoms with Gasteiger partial charge in [0.25, 0.3) is 0 Å². The van der Waals surface area contributed by atoms with Crippen molar-refractivity contribution >= 4 is 23.6 Å². The normalized spacial score (nSPS) is 15.7. The van der Waals surface area contributed by atoms with E-state index >= 15 is 0 Å². The zero-order valence-corrected chi connectivity index (χ0v) is 34.2. The maximum absolute atomic E-state index is 6.42. The smallest absolute Gasteiger partial charge is 0.343 e. The van der Waals surface area contributed by atoms with Crippen molar-refractivity contribution in [3.05, 3.63) is 119 Å². The second-order valence-electron chi connectivity index (χ2n) is 15.0. The highest BCUT2D eigenvalue weighted by atomic mass is 35.5. The van der Waals surface area contributed by atoms with Crippen LogP contribution in [0.15, 0.2) is 106 Å². The molecule has 0 aliphatic carbocycles. The quantitative estimate of drug-likeness (QED) is 0.0925. The third-order valence-corrected chi connectivity index (χ3v) is 11.3. The number of hydrazine groups is 1. The fourth-order valence-electron chi connectivity index (χ4n) is 8.00. The van der Waals surface area contributed by atoms with Crippen LogP contribution in [0, 0.1) is 6.92 Å². The number of halogens is 1. The van der Waals surface area contributed by atoms with Crippen molar-refractivity contribution in [2.24, 2.45) is 0 Å². The maximum atomic E-state index is 6.42. The predicted octanol–water partition coefficient (Wildman–Crippen LogP) is 9.10. The molecule has 0 unspecified atom stereocenters. The molecule has 13 heteroatoms. The van der Waals surface area contributed by atoms with Gasteiger partial charge in [-0.2, -0.15) is 9.97 Å². The van der Waals surface area contributed by atoms with Crippen molar-refractivity contribution in [1.29, 1.82) is 0 Å². The zero-order chi connectivity index (χ0) is 39.8. The zero-order valence-electron chi connectivity index (χ0n) is 33.5. The van der Waals surface area contributed by atoms with E-state index in [0.29, 0.717) is 41.9 Å². The van der Waals surface area contributed by atoms with E-state index in [-0.39, 0.29) is 12.1 Å². The molecule has 0 amide bonds. The number of aryl methyl sites for hydroxylation is 1. The molecule has 0 atom stereocenters. The summed E-state index contributed by atoms with van der Waals surface area (Å²) >= 11 is 6.42. The Morgan fingerprint density at radius 3 is 1.55 bits per heavy atom. The third-order valence-electron chi connectivity index (χ3n) is 11.0. The number of hydrogen-bond donors (Lipinski definition) is 0. The lowest BCUT2D eigenvalue weighted by molar-refractivity contribution is 0.176. The molecule has 2 aliphatic rings. The lowest BCUT2D eigenvalue weighted by atomic mass is 10.0. The Hall–Kier alpha value is -5.43. The van der Waals surface area contributed by atoms with Gasteiger partial charge in [-0.3, -0.25) is 9.80 Å². The third kappa shape index (κ3) is 9.14.